The minimum atomic E-state index is -0.667. The number of nitrogens with one attached hydrogen (secondary N) is 1. The average molecular weight is 375 g/mol. The lowest BCUT2D eigenvalue weighted by molar-refractivity contribution is -0.137. The van der Waals surface area contributed by atoms with Gasteiger partial charge in [-0.15, -0.1) is 0 Å². The summed E-state index contributed by atoms with van der Waals surface area (Å²) in [4.78, 5) is 19.1. The maximum Gasteiger partial charge on any atom is 0.331 e. The molecule has 0 radical (unpaired) electrons. The lowest BCUT2D eigenvalue weighted by Gasteiger charge is -2.04. The second-order valence-corrected chi connectivity index (χ2v) is 5.72. The Morgan fingerprint density at radius 1 is 1.25 bits per heavy atom. The number of aromatic amines is 1. The summed E-state index contributed by atoms with van der Waals surface area (Å²) in [6, 6.07) is 16.3. The zero-order chi connectivity index (χ0) is 19.9. The van der Waals surface area contributed by atoms with Crippen molar-refractivity contribution in [1.82, 2.24) is 9.97 Å². The Hall–Kier alpha value is -4.05. The molecule has 0 aliphatic rings. The van der Waals surface area contributed by atoms with Crippen molar-refractivity contribution in [2.75, 3.05) is 13.7 Å². The van der Waals surface area contributed by atoms with E-state index in [1.54, 1.807) is 30.3 Å². The maximum atomic E-state index is 11.9. The quantitative estimate of drug-likeness (QED) is 0.295. The fourth-order valence-corrected chi connectivity index (χ4v) is 2.55. The molecule has 1 aromatic heterocycles. The molecule has 3 rings (SSSR count). The van der Waals surface area contributed by atoms with E-state index in [1.165, 1.54) is 13.2 Å². The first-order valence-electron chi connectivity index (χ1n) is 8.37. The number of ether oxygens (including phenoxy) is 2. The van der Waals surface area contributed by atoms with Crippen LogP contribution < -0.4 is 4.74 Å². The van der Waals surface area contributed by atoms with Crippen LogP contribution in [0.4, 0.5) is 0 Å². The lowest BCUT2D eigenvalue weighted by Crippen LogP contribution is -2.06. The summed E-state index contributed by atoms with van der Waals surface area (Å²) in [6.45, 7) is -0.449. The van der Waals surface area contributed by atoms with E-state index in [0.29, 0.717) is 16.8 Å². The van der Waals surface area contributed by atoms with Gasteiger partial charge in [0.05, 0.1) is 18.1 Å². The molecule has 0 aliphatic heterocycles. The summed E-state index contributed by atoms with van der Waals surface area (Å²) in [5.74, 6) is -0.229. The number of hydrogen-bond donors (Lipinski definition) is 2. The van der Waals surface area contributed by atoms with Crippen LogP contribution in [0.1, 0.15) is 11.4 Å². The predicted molar refractivity (Wildman–Crippen MR) is 104 cm³/mol. The molecule has 0 aliphatic carbocycles. The number of benzene rings is 2. The number of aliphatic hydroxyl groups excluding tert-OH is 1. The molecule has 2 aromatic carbocycles. The summed E-state index contributed by atoms with van der Waals surface area (Å²) in [7, 11) is 1.54. The molecule has 0 amide bonds. The second kappa shape index (κ2) is 8.56. The molecule has 3 aromatic rings. The van der Waals surface area contributed by atoms with Crippen LogP contribution in [0.5, 0.6) is 5.75 Å². The molecule has 0 saturated heterocycles. The number of fused-ring (bicyclic) bond motifs is 1. The number of esters is 1. The van der Waals surface area contributed by atoms with Crippen LogP contribution in [0.3, 0.4) is 0 Å². The number of para-hydroxylation sites is 3. The fraction of sp³-hybridized carbons (Fsp3) is 0.0952. The second-order valence-electron chi connectivity index (χ2n) is 5.72. The van der Waals surface area contributed by atoms with Crippen LogP contribution in [0.25, 0.3) is 22.7 Å². The molecule has 0 spiro atoms. The fourth-order valence-electron chi connectivity index (χ4n) is 2.55. The van der Waals surface area contributed by atoms with Gasteiger partial charge in [-0.2, -0.15) is 5.26 Å². The molecule has 0 fully saturated rings. The number of nitriles is 1. The SMILES string of the molecule is COc1ccccc1C=CC(=O)OCC(O)=C(C#N)c1nc2ccccc2[nH]1. The van der Waals surface area contributed by atoms with E-state index in [-0.39, 0.29) is 17.2 Å². The number of rotatable bonds is 6. The van der Waals surface area contributed by atoms with Gasteiger partial charge in [0.25, 0.3) is 0 Å². The number of aliphatic hydroxyl groups is 1. The lowest BCUT2D eigenvalue weighted by atomic mass is 10.2. The Morgan fingerprint density at radius 2 is 2.00 bits per heavy atom. The van der Waals surface area contributed by atoms with Crippen LogP contribution in [-0.2, 0) is 9.53 Å². The van der Waals surface area contributed by atoms with Crippen LogP contribution in [-0.4, -0.2) is 34.8 Å². The number of nitrogens with zero attached hydrogens (tertiary/aromatic N) is 2. The number of imidazole rings is 1. The van der Waals surface area contributed by atoms with Crippen molar-refractivity contribution < 1.29 is 19.4 Å². The third-order valence-electron chi connectivity index (χ3n) is 3.92. The molecular formula is C21H17N3O4. The molecule has 7 heteroatoms. The van der Waals surface area contributed by atoms with Gasteiger partial charge in [0.2, 0.25) is 0 Å². The molecule has 0 atom stereocenters. The maximum absolute atomic E-state index is 11.9. The van der Waals surface area contributed by atoms with E-state index >= 15 is 0 Å². The van der Waals surface area contributed by atoms with Crippen molar-refractivity contribution in [3.63, 3.8) is 0 Å². The molecule has 28 heavy (non-hydrogen) atoms. The van der Waals surface area contributed by atoms with Crippen molar-refractivity contribution >= 4 is 28.7 Å². The highest BCUT2D eigenvalue weighted by Gasteiger charge is 2.14. The van der Waals surface area contributed by atoms with E-state index in [2.05, 4.69) is 9.97 Å². The van der Waals surface area contributed by atoms with Crippen LogP contribution in [0, 0.1) is 11.3 Å². The Labute approximate surface area is 161 Å². The molecule has 7 nitrogen and oxygen atoms in total. The topological polar surface area (TPSA) is 108 Å². The number of carbonyl (C=O) groups is 1. The zero-order valence-corrected chi connectivity index (χ0v) is 15.0. The first kappa shape index (κ1) is 18.7. The summed E-state index contributed by atoms with van der Waals surface area (Å²) in [5.41, 5.74) is 2.02. The van der Waals surface area contributed by atoms with Gasteiger partial charge < -0.3 is 19.6 Å². The molecule has 140 valence electrons. The Morgan fingerprint density at radius 3 is 2.75 bits per heavy atom. The molecule has 1 heterocycles. The highest BCUT2D eigenvalue weighted by atomic mass is 16.5. The van der Waals surface area contributed by atoms with E-state index in [0.717, 1.165) is 5.52 Å². The minimum absolute atomic E-state index is 0.0855. The molecule has 2 N–H and O–H groups in total. The number of hydrogen-bond acceptors (Lipinski definition) is 6. The van der Waals surface area contributed by atoms with Gasteiger partial charge in [-0.1, -0.05) is 30.3 Å². The minimum Gasteiger partial charge on any atom is -0.507 e. The summed E-state index contributed by atoms with van der Waals surface area (Å²) in [6.07, 6.45) is 2.77. The van der Waals surface area contributed by atoms with Gasteiger partial charge in [0.1, 0.15) is 24.0 Å². The van der Waals surface area contributed by atoms with Crippen molar-refractivity contribution in [3.05, 3.63) is 71.8 Å². The summed E-state index contributed by atoms with van der Waals surface area (Å²) >= 11 is 0. The predicted octanol–water partition coefficient (Wildman–Crippen LogP) is 3.62. The number of H-pyrrole nitrogens is 1. The van der Waals surface area contributed by atoms with Gasteiger partial charge in [0.15, 0.2) is 11.6 Å². The van der Waals surface area contributed by atoms with Crippen LogP contribution in [0.2, 0.25) is 0 Å². The first-order valence-corrected chi connectivity index (χ1v) is 8.37. The Kier molecular flexibility index (Phi) is 5.72. The van der Waals surface area contributed by atoms with Gasteiger partial charge >= 0.3 is 5.97 Å². The van der Waals surface area contributed by atoms with Crippen molar-refractivity contribution in [2.45, 2.75) is 0 Å². The zero-order valence-electron chi connectivity index (χ0n) is 15.0. The number of methoxy groups -OCH3 is 1. The van der Waals surface area contributed by atoms with E-state index < -0.39 is 12.6 Å². The summed E-state index contributed by atoms with van der Waals surface area (Å²) < 4.78 is 10.2. The van der Waals surface area contributed by atoms with Gasteiger partial charge in [-0.25, -0.2) is 9.78 Å². The number of aromatic nitrogens is 2. The van der Waals surface area contributed by atoms with Crippen LogP contribution in [0.15, 0.2) is 60.4 Å². The van der Waals surface area contributed by atoms with E-state index in [9.17, 15) is 15.2 Å². The monoisotopic (exact) mass is 375 g/mol. The standard InChI is InChI=1S/C21H17N3O4/c1-27-19-9-5-2-6-14(19)10-11-20(26)28-13-18(25)15(12-22)21-23-16-7-3-4-8-17(16)24-21/h2-11,25H,13H2,1H3,(H,23,24). The van der Waals surface area contributed by atoms with E-state index in [4.69, 9.17) is 9.47 Å². The third kappa shape index (κ3) is 4.19. The van der Waals surface area contributed by atoms with Gasteiger partial charge in [-0.3, -0.25) is 0 Å². The van der Waals surface area contributed by atoms with Gasteiger partial charge in [0, 0.05) is 11.6 Å². The van der Waals surface area contributed by atoms with Crippen LogP contribution >= 0.6 is 0 Å². The Balaban J connectivity index is 1.70. The van der Waals surface area contributed by atoms with E-state index in [1.807, 2.05) is 30.3 Å². The van der Waals surface area contributed by atoms with Gasteiger partial charge in [-0.05, 0) is 24.3 Å². The first-order chi connectivity index (χ1) is 13.6. The Bertz CT molecular complexity index is 1070. The van der Waals surface area contributed by atoms with Crippen molar-refractivity contribution in [1.29, 1.82) is 5.26 Å². The van der Waals surface area contributed by atoms with Crippen molar-refractivity contribution in [3.8, 4) is 11.8 Å². The normalized spacial score (nSPS) is 11.9. The number of carbonyl (C=O) groups excluding carboxylic acids is 1. The van der Waals surface area contributed by atoms with Crippen molar-refractivity contribution in [2.24, 2.45) is 0 Å². The molecule has 0 unspecified atom stereocenters. The summed E-state index contributed by atoms with van der Waals surface area (Å²) in [5, 5.41) is 19.5. The number of allylic oxidation sites excluding steroid dienone is 1. The largest absolute Gasteiger partial charge is 0.507 e. The molecule has 0 saturated carbocycles. The molecular weight excluding hydrogens is 358 g/mol. The third-order valence-corrected chi connectivity index (χ3v) is 3.92. The highest BCUT2D eigenvalue weighted by Crippen LogP contribution is 2.20. The smallest absolute Gasteiger partial charge is 0.331 e. The molecule has 0 bridgehead atoms. The highest BCUT2D eigenvalue weighted by molar-refractivity contribution is 5.88. The average Bonchev–Trinajstić information content (AvgIpc) is 3.15.